The fourth-order valence-electron chi connectivity index (χ4n) is 4.67. The third-order valence-corrected chi connectivity index (χ3v) is 6.78. The van der Waals surface area contributed by atoms with E-state index in [4.69, 9.17) is 19.3 Å². The minimum Gasteiger partial charge on any atom is -0.497 e. The molecule has 3 aromatic carbocycles. The minimum atomic E-state index is -0.0420. The van der Waals surface area contributed by atoms with Crippen molar-refractivity contribution in [3.63, 3.8) is 0 Å². The van der Waals surface area contributed by atoms with Crippen LogP contribution in [0.1, 0.15) is 40.0 Å². The maximum Gasteiger partial charge on any atom is 0.254 e. The summed E-state index contributed by atoms with van der Waals surface area (Å²) in [6.07, 6.45) is 1.95. The van der Waals surface area contributed by atoms with Gasteiger partial charge < -0.3 is 19.1 Å². The fourth-order valence-corrected chi connectivity index (χ4v) is 4.67. The van der Waals surface area contributed by atoms with E-state index in [0.717, 1.165) is 42.0 Å². The van der Waals surface area contributed by atoms with Crippen LogP contribution in [-0.2, 0) is 11.3 Å². The van der Waals surface area contributed by atoms with E-state index in [1.807, 2.05) is 97.6 Å². The summed E-state index contributed by atoms with van der Waals surface area (Å²) in [7, 11) is 1.63. The molecule has 0 spiro atoms. The molecule has 7 nitrogen and oxygen atoms in total. The van der Waals surface area contributed by atoms with Crippen molar-refractivity contribution < 1.29 is 19.0 Å². The molecule has 196 valence electrons. The number of nitrogens with zero attached hydrogens (tertiary/aromatic N) is 3. The first-order valence-corrected chi connectivity index (χ1v) is 12.9. The molecule has 38 heavy (non-hydrogen) atoms. The number of amides is 1. The fraction of sp³-hybridized carbons (Fsp3) is 0.290. The first-order chi connectivity index (χ1) is 18.5. The molecule has 5 rings (SSSR count). The van der Waals surface area contributed by atoms with Crippen LogP contribution in [0.3, 0.4) is 0 Å². The van der Waals surface area contributed by atoms with Gasteiger partial charge in [-0.2, -0.15) is 5.10 Å². The molecule has 1 amide bonds. The van der Waals surface area contributed by atoms with Crippen LogP contribution >= 0.6 is 0 Å². The molecule has 1 fully saturated rings. The minimum absolute atomic E-state index is 0.0108. The molecule has 1 aliphatic heterocycles. The lowest BCUT2D eigenvalue weighted by molar-refractivity contribution is 0.0505. The predicted molar refractivity (Wildman–Crippen MR) is 146 cm³/mol. The lowest BCUT2D eigenvalue weighted by Gasteiger charge is -2.26. The van der Waals surface area contributed by atoms with Gasteiger partial charge in [0.2, 0.25) is 5.88 Å². The van der Waals surface area contributed by atoms with Gasteiger partial charge >= 0.3 is 0 Å². The SMILES string of the molecule is COc1cccc(Oc2c(CN(CC3CCCO3)C(=O)c3ccc(C)cc3)c(C)nn2-c2ccccc2)c1. The van der Waals surface area contributed by atoms with Gasteiger partial charge in [-0.1, -0.05) is 42.0 Å². The molecule has 7 heteroatoms. The van der Waals surface area contributed by atoms with Crippen molar-refractivity contribution in [3.05, 3.63) is 101 Å². The second kappa shape index (κ2) is 11.5. The first-order valence-electron chi connectivity index (χ1n) is 12.9. The Morgan fingerprint density at radius 3 is 2.50 bits per heavy atom. The number of ether oxygens (including phenoxy) is 3. The number of para-hydroxylation sites is 1. The van der Waals surface area contributed by atoms with Gasteiger partial charge in [0, 0.05) is 24.8 Å². The first kappa shape index (κ1) is 25.5. The van der Waals surface area contributed by atoms with E-state index in [-0.39, 0.29) is 12.0 Å². The van der Waals surface area contributed by atoms with Gasteiger partial charge in [-0.25, -0.2) is 4.68 Å². The Bertz CT molecular complexity index is 1380. The molecule has 1 atom stereocenters. The molecule has 1 unspecified atom stereocenters. The molecule has 0 N–H and O–H groups in total. The Kier molecular flexibility index (Phi) is 7.75. The Morgan fingerprint density at radius 1 is 1.03 bits per heavy atom. The highest BCUT2D eigenvalue weighted by Gasteiger charge is 2.28. The molecule has 0 aliphatic carbocycles. The lowest BCUT2D eigenvalue weighted by atomic mass is 10.1. The van der Waals surface area contributed by atoms with E-state index < -0.39 is 0 Å². The third-order valence-electron chi connectivity index (χ3n) is 6.78. The highest BCUT2D eigenvalue weighted by atomic mass is 16.5. The van der Waals surface area contributed by atoms with Gasteiger partial charge in [-0.3, -0.25) is 4.79 Å². The van der Waals surface area contributed by atoms with Crippen LogP contribution in [0.25, 0.3) is 5.69 Å². The van der Waals surface area contributed by atoms with E-state index in [9.17, 15) is 4.79 Å². The van der Waals surface area contributed by atoms with Crippen LogP contribution in [0.2, 0.25) is 0 Å². The predicted octanol–water partition coefficient (Wildman–Crippen LogP) is 6.11. The number of methoxy groups -OCH3 is 1. The molecule has 1 aliphatic rings. The van der Waals surface area contributed by atoms with E-state index in [2.05, 4.69) is 0 Å². The zero-order valence-electron chi connectivity index (χ0n) is 22.1. The second-order valence-corrected chi connectivity index (χ2v) is 9.58. The van der Waals surface area contributed by atoms with E-state index >= 15 is 0 Å². The molecule has 2 heterocycles. The highest BCUT2D eigenvalue weighted by Crippen LogP contribution is 2.33. The van der Waals surface area contributed by atoms with Crippen molar-refractivity contribution in [1.29, 1.82) is 0 Å². The van der Waals surface area contributed by atoms with Crippen molar-refractivity contribution in [3.8, 4) is 23.1 Å². The van der Waals surface area contributed by atoms with E-state index in [1.165, 1.54) is 0 Å². The average Bonchev–Trinajstić information content (AvgIpc) is 3.57. The topological polar surface area (TPSA) is 65.8 Å². The van der Waals surface area contributed by atoms with Crippen molar-refractivity contribution in [2.24, 2.45) is 0 Å². The lowest BCUT2D eigenvalue weighted by Crippen LogP contribution is -2.37. The van der Waals surface area contributed by atoms with Gasteiger partial charge in [0.25, 0.3) is 5.91 Å². The van der Waals surface area contributed by atoms with Gasteiger partial charge in [-0.15, -0.1) is 0 Å². The summed E-state index contributed by atoms with van der Waals surface area (Å²) in [5.74, 6) is 1.84. The zero-order chi connectivity index (χ0) is 26.5. The Balaban J connectivity index is 1.54. The highest BCUT2D eigenvalue weighted by molar-refractivity contribution is 5.94. The largest absolute Gasteiger partial charge is 0.497 e. The number of rotatable bonds is 9. The smallest absolute Gasteiger partial charge is 0.254 e. The van der Waals surface area contributed by atoms with Crippen LogP contribution in [0.5, 0.6) is 17.4 Å². The number of aryl methyl sites for hydroxylation is 2. The van der Waals surface area contributed by atoms with Crippen molar-refractivity contribution >= 4 is 5.91 Å². The summed E-state index contributed by atoms with van der Waals surface area (Å²) in [6, 6.07) is 25.0. The Hall–Kier alpha value is -4.10. The summed E-state index contributed by atoms with van der Waals surface area (Å²) < 4.78 is 19.6. The quantitative estimate of drug-likeness (QED) is 0.271. The molecule has 0 bridgehead atoms. The Labute approximate surface area is 223 Å². The Morgan fingerprint density at radius 2 is 1.79 bits per heavy atom. The summed E-state index contributed by atoms with van der Waals surface area (Å²) >= 11 is 0. The van der Waals surface area contributed by atoms with Gasteiger partial charge in [-0.05, 0) is 63.1 Å². The molecule has 4 aromatic rings. The maximum atomic E-state index is 13.8. The van der Waals surface area contributed by atoms with Crippen LogP contribution in [0, 0.1) is 13.8 Å². The number of benzene rings is 3. The van der Waals surface area contributed by atoms with Crippen LogP contribution in [0.15, 0.2) is 78.9 Å². The van der Waals surface area contributed by atoms with Crippen molar-refractivity contribution in [2.75, 3.05) is 20.3 Å². The molecule has 0 radical (unpaired) electrons. The van der Waals surface area contributed by atoms with Crippen LogP contribution in [-0.4, -0.2) is 47.0 Å². The molecule has 0 saturated carbocycles. The van der Waals surface area contributed by atoms with E-state index in [1.54, 1.807) is 11.8 Å². The standard InChI is InChI=1S/C31H33N3O4/c1-22-14-16-24(17-15-22)30(35)33(20-28-13-8-18-37-28)21-29-23(2)32-34(25-9-5-4-6-10-25)31(29)38-27-12-7-11-26(19-27)36-3/h4-7,9-12,14-17,19,28H,8,13,18,20-21H2,1-3H3. The monoisotopic (exact) mass is 511 g/mol. The van der Waals surface area contributed by atoms with E-state index in [0.29, 0.717) is 36.0 Å². The van der Waals surface area contributed by atoms with Gasteiger partial charge in [0.1, 0.15) is 11.5 Å². The third kappa shape index (κ3) is 5.73. The number of hydrogen-bond donors (Lipinski definition) is 0. The van der Waals surface area contributed by atoms with Crippen LogP contribution in [0.4, 0.5) is 0 Å². The molecule has 1 aromatic heterocycles. The van der Waals surface area contributed by atoms with Crippen molar-refractivity contribution in [1.82, 2.24) is 14.7 Å². The van der Waals surface area contributed by atoms with Gasteiger partial charge in [0.15, 0.2) is 0 Å². The average molecular weight is 512 g/mol. The number of carbonyl (C=O) groups is 1. The summed E-state index contributed by atoms with van der Waals surface area (Å²) in [6.45, 7) is 5.54. The summed E-state index contributed by atoms with van der Waals surface area (Å²) in [4.78, 5) is 15.6. The van der Waals surface area contributed by atoms with Crippen LogP contribution < -0.4 is 9.47 Å². The molecule has 1 saturated heterocycles. The number of aromatic nitrogens is 2. The maximum absolute atomic E-state index is 13.8. The van der Waals surface area contributed by atoms with Crippen molar-refractivity contribution in [2.45, 2.75) is 39.3 Å². The molecular weight excluding hydrogens is 478 g/mol. The summed E-state index contributed by atoms with van der Waals surface area (Å²) in [5, 5.41) is 4.84. The normalized spacial score (nSPS) is 14.9. The number of carbonyl (C=O) groups excluding carboxylic acids is 1. The van der Waals surface area contributed by atoms with Gasteiger partial charge in [0.05, 0.1) is 36.7 Å². The molecular formula is C31H33N3O4. The second-order valence-electron chi connectivity index (χ2n) is 9.58. The zero-order valence-corrected chi connectivity index (χ0v) is 22.1. The summed E-state index contributed by atoms with van der Waals surface area (Å²) in [5.41, 5.74) is 4.27. The number of hydrogen-bond acceptors (Lipinski definition) is 5.